The first kappa shape index (κ1) is 11.8. The highest BCUT2D eigenvalue weighted by atomic mass is 79.9. The second kappa shape index (κ2) is 5.07. The number of nitrogens with one attached hydrogen (secondary N) is 1. The van der Waals surface area contributed by atoms with Crippen LogP contribution in [0.3, 0.4) is 0 Å². The first-order chi connectivity index (χ1) is 7.69. The summed E-state index contributed by atoms with van der Waals surface area (Å²) < 4.78 is 6.23. The van der Waals surface area contributed by atoms with E-state index in [0.29, 0.717) is 17.8 Å². The van der Waals surface area contributed by atoms with E-state index in [1.54, 1.807) is 11.3 Å². The molecule has 2 rings (SSSR count). The van der Waals surface area contributed by atoms with Crippen LogP contribution >= 0.6 is 27.3 Å². The van der Waals surface area contributed by atoms with Gasteiger partial charge in [-0.25, -0.2) is 0 Å². The third-order valence-electron chi connectivity index (χ3n) is 2.23. The minimum Gasteiger partial charge on any atom is -0.339 e. The van der Waals surface area contributed by atoms with E-state index in [-0.39, 0.29) is 0 Å². The lowest BCUT2D eigenvalue weighted by molar-refractivity contribution is 0.365. The molecule has 86 valence electrons. The number of likely N-dealkylation sites (N-methyl/N-ethyl adjacent to an activating group) is 1. The summed E-state index contributed by atoms with van der Waals surface area (Å²) >= 11 is 5.00. The molecular weight excluding hydrogens is 290 g/mol. The van der Waals surface area contributed by atoms with Crippen LogP contribution in [0.25, 0.3) is 10.7 Å². The van der Waals surface area contributed by atoms with E-state index in [9.17, 15) is 0 Å². The van der Waals surface area contributed by atoms with Crippen molar-refractivity contribution < 1.29 is 4.52 Å². The summed E-state index contributed by atoms with van der Waals surface area (Å²) in [6.07, 6.45) is 0.746. The number of aromatic nitrogens is 2. The van der Waals surface area contributed by atoms with Gasteiger partial charge in [-0.15, -0.1) is 11.3 Å². The number of hydrogen-bond donors (Lipinski definition) is 1. The molecule has 0 saturated heterocycles. The first-order valence-electron chi connectivity index (χ1n) is 4.93. The Bertz CT molecular complexity index is 468. The van der Waals surface area contributed by atoms with E-state index in [4.69, 9.17) is 4.52 Å². The summed E-state index contributed by atoms with van der Waals surface area (Å²) in [7, 11) is 1.92. The summed E-state index contributed by atoms with van der Waals surface area (Å²) in [5.41, 5.74) is 0. The number of thiophene rings is 1. The molecule has 2 aromatic heterocycles. The highest BCUT2D eigenvalue weighted by molar-refractivity contribution is 9.10. The Morgan fingerprint density at radius 2 is 2.44 bits per heavy atom. The molecule has 0 bridgehead atoms. The van der Waals surface area contributed by atoms with Crippen molar-refractivity contribution >= 4 is 27.3 Å². The highest BCUT2D eigenvalue weighted by Gasteiger charge is 2.12. The van der Waals surface area contributed by atoms with E-state index in [1.807, 2.05) is 18.5 Å². The second-order valence-electron chi connectivity index (χ2n) is 3.53. The number of halogens is 1. The summed E-state index contributed by atoms with van der Waals surface area (Å²) in [5, 5.41) is 9.10. The lowest BCUT2D eigenvalue weighted by Gasteiger charge is -2.04. The number of nitrogens with zero attached hydrogens (tertiary/aromatic N) is 2. The molecule has 0 aliphatic carbocycles. The molecule has 0 saturated carbocycles. The smallest absolute Gasteiger partial charge is 0.228 e. The van der Waals surface area contributed by atoms with Gasteiger partial charge in [0.2, 0.25) is 11.7 Å². The van der Waals surface area contributed by atoms with Gasteiger partial charge in [0.15, 0.2) is 0 Å². The van der Waals surface area contributed by atoms with Crippen LogP contribution in [0.15, 0.2) is 20.4 Å². The predicted octanol–water partition coefficient (Wildman–Crippen LogP) is 2.71. The minimum absolute atomic E-state index is 0.336. The molecular formula is C10H12BrN3OS. The molecule has 1 unspecified atom stereocenters. The van der Waals surface area contributed by atoms with Crippen LogP contribution in [0.5, 0.6) is 0 Å². The van der Waals surface area contributed by atoms with Gasteiger partial charge in [0.05, 0.1) is 4.88 Å². The van der Waals surface area contributed by atoms with Gasteiger partial charge in [-0.1, -0.05) is 5.16 Å². The highest BCUT2D eigenvalue weighted by Crippen LogP contribution is 2.27. The van der Waals surface area contributed by atoms with Crippen molar-refractivity contribution in [3.63, 3.8) is 0 Å². The fourth-order valence-corrected chi connectivity index (χ4v) is 2.58. The molecule has 0 spiro atoms. The Morgan fingerprint density at radius 3 is 3.06 bits per heavy atom. The third kappa shape index (κ3) is 2.69. The monoisotopic (exact) mass is 301 g/mol. The Balaban J connectivity index is 2.13. The Labute approximate surface area is 106 Å². The molecule has 6 heteroatoms. The number of hydrogen-bond acceptors (Lipinski definition) is 5. The van der Waals surface area contributed by atoms with Crippen molar-refractivity contribution in [2.75, 3.05) is 7.05 Å². The molecule has 0 aliphatic heterocycles. The Morgan fingerprint density at radius 1 is 1.62 bits per heavy atom. The van der Waals surface area contributed by atoms with Crippen LogP contribution in [0.2, 0.25) is 0 Å². The third-order valence-corrected chi connectivity index (χ3v) is 3.92. The van der Waals surface area contributed by atoms with Gasteiger partial charge >= 0.3 is 0 Å². The molecule has 16 heavy (non-hydrogen) atoms. The maximum absolute atomic E-state index is 5.19. The van der Waals surface area contributed by atoms with Crippen molar-refractivity contribution in [2.24, 2.45) is 0 Å². The summed E-state index contributed by atoms with van der Waals surface area (Å²) in [6, 6.07) is 2.32. The predicted molar refractivity (Wildman–Crippen MR) is 67.5 cm³/mol. The summed E-state index contributed by atoms with van der Waals surface area (Å²) in [5.74, 6) is 1.33. The summed E-state index contributed by atoms with van der Waals surface area (Å²) in [4.78, 5) is 5.37. The van der Waals surface area contributed by atoms with Crippen LogP contribution in [-0.2, 0) is 6.42 Å². The van der Waals surface area contributed by atoms with Gasteiger partial charge in [0.25, 0.3) is 0 Å². The fourth-order valence-electron chi connectivity index (χ4n) is 1.23. The van der Waals surface area contributed by atoms with Gasteiger partial charge < -0.3 is 9.84 Å². The zero-order chi connectivity index (χ0) is 11.5. The van der Waals surface area contributed by atoms with E-state index in [0.717, 1.165) is 15.8 Å². The molecule has 1 N–H and O–H groups in total. The van der Waals surface area contributed by atoms with Crippen LogP contribution in [-0.4, -0.2) is 23.2 Å². The average molecular weight is 302 g/mol. The first-order valence-corrected chi connectivity index (χ1v) is 6.60. The molecule has 0 fully saturated rings. The Hall–Kier alpha value is -0.720. The quantitative estimate of drug-likeness (QED) is 0.943. The molecule has 0 aromatic carbocycles. The van der Waals surface area contributed by atoms with E-state index < -0.39 is 0 Å². The largest absolute Gasteiger partial charge is 0.339 e. The fraction of sp³-hybridized carbons (Fsp3) is 0.400. The SMILES string of the molecule is CNC(C)Cc1nc(-c2cc(Br)cs2)no1. The molecule has 2 aromatic rings. The minimum atomic E-state index is 0.336. The van der Waals surface area contributed by atoms with Gasteiger partial charge in [-0.2, -0.15) is 4.98 Å². The summed E-state index contributed by atoms with van der Waals surface area (Å²) in [6.45, 7) is 2.08. The van der Waals surface area contributed by atoms with E-state index >= 15 is 0 Å². The van der Waals surface area contributed by atoms with E-state index in [1.165, 1.54) is 0 Å². The molecule has 2 heterocycles. The Kier molecular flexibility index (Phi) is 3.73. The molecule has 0 amide bonds. The van der Waals surface area contributed by atoms with Crippen molar-refractivity contribution in [2.45, 2.75) is 19.4 Å². The second-order valence-corrected chi connectivity index (χ2v) is 5.36. The molecule has 0 radical (unpaired) electrons. The average Bonchev–Trinajstić information content (AvgIpc) is 2.87. The van der Waals surface area contributed by atoms with Gasteiger partial charge in [-0.3, -0.25) is 0 Å². The lowest BCUT2D eigenvalue weighted by Crippen LogP contribution is -2.23. The van der Waals surface area contributed by atoms with Gasteiger partial charge in [0.1, 0.15) is 0 Å². The van der Waals surface area contributed by atoms with Gasteiger partial charge in [-0.05, 0) is 36.0 Å². The van der Waals surface area contributed by atoms with Crippen molar-refractivity contribution in [3.05, 3.63) is 21.8 Å². The number of rotatable bonds is 4. The van der Waals surface area contributed by atoms with Gasteiger partial charge in [0, 0.05) is 22.3 Å². The normalized spacial score (nSPS) is 12.9. The topological polar surface area (TPSA) is 51.0 Å². The van der Waals surface area contributed by atoms with Crippen molar-refractivity contribution in [1.29, 1.82) is 0 Å². The molecule has 4 nitrogen and oxygen atoms in total. The van der Waals surface area contributed by atoms with Crippen LogP contribution in [0, 0.1) is 0 Å². The van der Waals surface area contributed by atoms with Crippen LogP contribution in [0.4, 0.5) is 0 Å². The zero-order valence-corrected chi connectivity index (χ0v) is 11.4. The van der Waals surface area contributed by atoms with Crippen LogP contribution < -0.4 is 5.32 Å². The zero-order valence-electron chi connectivity index (χ0n) is 9.03. The molecule has 0 aliphatic rings. The molecule has 1 atom stereocenters. The maximum Gasteiger partial charge on any atom is 0.228 e. The standard InChI is InChI=1S/C10H12BrN3OS/c1-6(12-2)3-9-13-10(14-15-9)8-4-7(11)5-16-8/h4-6,12H,3H2,1-2H3. The van der Waals surface area contributed by atoms with Crippen molar-refractivity contribution in [1.82, 2.24) is 15.5 Å². The van der Waals surface area contributed by atoms with E-state index in [2.05, 4.69) is 38.3 Å². The lowest BCUT2D eigenvalue weighted by atomic mass is 10.2. The maximum atomic E-state index is 5.19. The van der Waals surface area contributed by atoms with Crippen LogP contribution in [0.1, 0.15) is 12.8 Å². The van der Waals surface area contributed by atoms with Crippen molar-refractivity contribution in [3.8, 4) is 10.7 Å².